The van der Waals surface area contributed by atoms with Gasteiger partial charge in [0.05, 0.1) is 6.04 Å². The molecule has 0 saturated carbocycles. The number of anilines is 1. The van der Waals surface area contributed by atoms with Crippen molar-refractivity contribution >= 4 is 40.0 Å². The first-order valence-electron chi connectivity index (χ1n) is 6.66. The van der Waals surface area contributed by atoms with Crippen molar-refractivity contribution in [2.24, 2.45) is 5.16 Å². The van der Waals surface area contributed by atoms with Crippen molar-refractivity contribution in [3.05, 3.63) is 11.1 Å². The number of carbonyl (C=O) groups excluding carboxylic acids is 2. The molecular weight excluding hydrogens is 342 g/mol. The maximum atomic E-state index is 12.3. The second-order valence-electron chi connectivity index (χ2n) is 4.72. The second kappa shape index (κ2) is 7.23. The van der Waals surface area contributed by atoms with E-state index in [1.54, 1.807) is 6.92 Å². The number of carboxylic acids is 1. The second-order valence-corrected chi connectivity index (χ2v) is 5.61. The Labute approximate surface area is 140 Å². The number of aliphatic carboxylic acids is 1. The monoisotopic (exact) mass is 357 g/mol. The van der Waals surface area contributed by atoms with Crippen LogP contribution >= 0.6 is 11.3 Å². The molecule has 4 N–H and O–H groups in total. The Kier molecular flexibility index (Phi) is 5.31. The summed E-state index contributed by atoms with van der Waals surface area (Å²) in [7, 11) is 1.27. The van der Waals surface area contributed by atoms with Crippen molar-refractivity contribution in [3.63, 3.8) is 0 Å². The third-order valence-electron chi connectivity index (χ3n) is 3.11. The minimum atomic E-state index is -1.21. The van der Waals surface area contributed by atoms with E-state index < -0.39 is 36.5 Å². The lowest BCUT2D eigenvalue weighted by molar-refractivity contribution is -0.233. The van der Waals surface area contributed by atoms with E-state index in [1.807, 2.05) is 0 Å². The largest absolute Gasteiger partial charge is 0.479 e. The van der Waals surface area contributed by atoms with E-state index in [-0.39, 0.29) is 16.5 Å². The first kappa shape index (κ1) is 17.6. The zero-order chi connectivity index (χ0) is 17.9. The number of nitrogens with two attached hydrogens (primary N) is 1. The molecule has 0 spiro atoms. The molecule has 2 heterocycles. The molecule has 2 rings (SSSR count). The molecule has 0 aromatic carbocycles. The van der Waals surface area contributed by atoms with E-state index in [4.69, 9.17) is 15.7 Å². The number of aromatic nitrogens is 1. The molecule has 130 valence electrons. The predicted molar refractivity (Wildman–Crippen MR) is 81.9 cm³/mol. The van der Waals surface area contributed by atoms with Gasteiger partial charge < -0.3 is 21.0 Å². The standard InChI is InChI=1S/C12H15N5O6S/c1-5-8(11(21)17(5)23-3-7(18)19)15-10(20)9(16-22-2)6-4-24-12(13)14-6/h4-5,8H,3H2,1-2H3,(H2,13,14)(H,15,20)(H,18,19). The van der Waals surface area contributed by atoms with Crippen LogP contribution in [0.3, 0.4) is 0 Å². The molecule has 11 nitrogen and oxygen atoms in total. The Bertz CT molecular complexity index is 689. The van der Waals surface area contributed by atoms with Crippen LogP contribution in [0.1, 0.15) is 12.6 Å². The molecular formula is C12H15N5O6S. The Morgan fingerprint density at radius 2 is 2.29 bits per heavy atom. The average molecular weight is 357 g/mol. The van der Waals surface area contributed by atoms with Gasteiger partial charge in [-0.1, -0.05) is 5.16 Å². The number of nitrogens with zero attached hydrogens (tertiary/aromatic N) is 3. The number of nitrogens with one attached hydrogen (secondary N) is 1. The smallest absolute Gasteiger partial charge is 0.332 e. The van der Waals surface area contributed by atoms with Crippen LogP contribution in [0.2, 0.25) is 0 Å². The summed E-state index contributed by atoms with van der Waals surface area (Å²) >= 11 is 1.12. The lowest BCUT2D eigenvalue weighted by Gasteiger charge is -2.43. The number of β-lactam (4-membered cyclic amide) rings is 1. The number of nitrogen functional groups attached to an aromatic ring is 1. The van der Waals surface area contributed by atoms with Gasteiger partial charge in [-0.2, -0.15) is 0 Å². The summed E-state index contributed by atoms with van der Waals surface area (Å²) in [6.07, 6.45) is 0. The molecule has 1 aromatic heterocycles. The highest BCUT2D eigenvalue weighted by Crippen LogP contribution is 2.20. The van der Waals surface area contributed by atoms with Gasteiger partial charge in [0.25, 0.3) is 11.8 Å². The summed E-state index contributed by atoms with van der Waals surface area (Å²) in [4.78, 5) is 48.1. The van der Waals surface area contributed by atoms with E-state index in [9.17, 15) is 14.4 Å². The summed E-state index contributed by atoms with van der Waals surface area (Å²) in [5.74, 6) is -2.45. The lowest BCUT2D eigenvalue weighted by Crippen LogP contribution is -2.70. The van der Waals surface area contributed by atoms with Crippen molar-refractivity contribution in [1.82, 2.24) is 15.4 Å². The molecule has 0 radical (unpaired) electrons. The number of amides is 2. The molecule has 1 aromatic rings. The van der Waals surface area contributed by atoms with Crippen molar-refractivity contribution in [2.45, 2.75) is 19.0 Å². The number of carboxylic acid groups (broad SMARTS) is 1. The van der Waals surface area contributed by atoms with Gasteiger partial charge in [-0.25, -0.2) is 14.8 Å². The molecule has 1 saturated heterocycles. The molecule has 12 heteroatoms. The van der Waals surface area contributed by atoms with Gasteiger partial charge in [0.1, 0.15) is 18.8 Å². The quantitative estimate of drug-likeness (QED) is 0.312. The van der Waals surface area contributed by atoms with Gasteiger partial charge in [-0.15, -0.1) is 11.3 Å². The van der Waals surface area contributed by atoms with Crippen molar-refractivity contribution in [2.75, 3.05) is 19.5 Å². The van der Waals surface area contributed by atoms with Gasteiger partial charge >= 0.3 is 5.97 Å². The van der Waals surface area contributed by atoms with Gasteiger partial charge in [0, 0.05) is 5.38 Å². The molecule has 0 aliphatic carbocycles. The summed E-state index contributed by atoms with van der Waals surface area (Å²) < 4.78 is 0. The molecule has 1 aliphatic heterocycles. The molecule has 2 atom stereocenters. The first-order chi connectivity index (χ1) is 11.3. The van der Waals surface area contributed by atoms with Crippen LogP contribution in [-0.4, -0.2) is 64.4 Å². The van der Waals surface area contributed by atoms with E-state index in [0.29, 0.717) is 0 Å². The van der Waals surface area contributed by atoms with Crippen LogP contribution in [0, 0.1) is 0 Å². The minimum Gasteiger partial charge on any atom is -0.479 e. The van der Waals surface area contributed by atoms with E-state index in [2.05, 4.69) is 20.3 Å². The van der Waals surface area contributed by atoms with Crippen LogP contribution in [0.25, 0.3) is 0 Å². The van der Waals surface area contributed by atoms with E-state index in [1.165, 1.54) is 12.5 Å². The Morgan fingerprint density at radius 1 is 1.58 bits per heavy atom. The fourth-order valence-electron chi connectivity index (χ4n) is 1.99. The van der Waals surface area contributed by atoms with E-state index >= 15 is 0 Å². The number of rotatable bonds is 7. The summed E-state index contributed by atoms with van der Waals surface area (Å²) in [5, 5.41) is 17.3. The van der Waals surface area contributed by atoms with E-state index in [0.717, 1.165) is 16.4 Å². The lowest BCUT2D eigenvalue weighted by atomic mass is 10.00. The van der Waals surface area contributed by atoms with Gasteiger partial charge in [-0.3, -0.25) is 14.4 Å². The minimum absolute atomic E-state index is 0.129. The molecule has 1 aliphatic rings. The van der Waals surface area contributed by atoms with Gasteiger partial charge in [-0.05, 0) is 6.92 Å². The summed E-state index contributed by atoms with van der Waals surface area (Å²) in [6, 6.07) is -1.41. The molecule has 2 unspecified atom stereocenters. The van der Waals surface area contributed by atoms with Crippen molar-refractivity contribution < 1.29 is 29.2 Å². The number of hydroxylamine groups is 2. The fourth-order valence-corrected chi connectivity index (χ4v) is 2.54. The van der Waals surface area contributed by atoms with Crippen molar-refractivity contribution in [3.8, 4) is 0 Å². The highest BCUT2D eigenvalue weighted by molar-refractivity contribution is 7.13. The molecule has 1 fully saturated rings. The number of hydrogen-bond donors (Lipinski definition) is 3. The molecule has 2 amide bonds. The maximum Gasteiger partial charge on any atom is 0.332 e. The van der Waals surface area contributed by atoms with Crippen LogP contribution in [0.15, 0.2) is 10.5 Å². The number of thiazole rings is 1. The van der Waals surface area contributed by atoms with Crippen LogP contribution in [0.4, 0.5) is 5.13 Å². The van der Waals surface area contributed by atoms with Crippen LogP contribution in [0.5, 0.6) is 0 Å². The number of hydrogen-bond acceptors (Lipinski definition) is 9. The first-order valence-corrected chi connectivity index (χ1v) is 7.54. The zero-order valence-corrected chi connectivity index (χ0v) is 13.6. The third kappa shape index (κ3) is 3.60. The fraction of sp³-hybridized carbons (Fsp3) is 0.417. The Morgan fingerprint density at radius 3 is 2.79 bits per heavy atom. The topological polar surface area (TPSA) is 156 Å². The van der Waals surface area contributed by atoms with Gasteiger partial charge in [0.15, 0.2) is 17.5 Å². The third-order valence-corrected chi connectivity index (χ3v) is 3.79. The zero-order valence-electron chi connectivity index (χ0n) is 12.8. The predicted octanol–water partition coefficient (Wildman–Crippen LogP) is -1.19. The van der Waals surface area contributed by atoms with Crippen LogP contribution < -0.4 is 11.1 Å². The highest BCUT2D eigenvalue weighted by atomic mass is 32.1. The van der Waals surface area contributed by atoms with Crippen molar-refractivity contribution in [1.29, 1.82) is 0 Å². The number of oxime groups is 1. The average Bonchev–Trinajstić information content (AvgIpc) is 2.96. The van der Waals surface area contributed by atoms with Crippen LogP contribution in [-0.2, 0) is 24.1 Å². The summed E-state index contributed by atoms with van der Waals surface area (Å²) in [5.41, 5.74) is 5.61. The Balaban J connectivity index is 2.02. The highest BCUT2D eigenvalue weighted by Gasteiger charge is 2.47. The maximum absolute atomic E-state index is 12.3. The van der Waals surface area contributed by atoms with Gasteiger partial charge in [0.2, 0.25) is 0 Å². The molecule has 0 bridgehead atoms. The molecule has 24 heavy (non-hydrogen) atoms. The SMILES string of the molecule is CON=C(C(=O)NC1C(=O)N(OCC(=O)O)C1C)c1csc(N)n1. The summed E-state index contributed by atoms with van der Waals surface area (Å²) in [6.45, 7) is 0.952. The Hall–Kier alpha value is -2.73. The number of carbonyl (C=O) groups is 3. The normalized spacial score (nSPS) is 20.5.